The molecule has 0 heterocycles. The van der Waals surface area contributed by atoms with Crippen molar-refractivity contribution in [1.29, 1.82) is 0 Å². The summed E-state index contributed by atoms with van der Waals surface area (Å²) in [6.07, 6.45) is -0.0166. The van der Waals surface area contributed by atoms with Crippen LogP contribution in [0.1, 0.15) is 27.2 Å². The average molecular weight is 203 g/mol. The van der Waals surface area contributed by atoms with Crippen molar-refractivity contribution in [2.45, 2.75) is 27.2 Å². The van der Waals surface area contributed by atoms with Gasteiger partial charge in [0, 0.05) is 13.3 Å². The fourth-order valence-electron chi connectivity index (χ4n) is 0.418. The number of carbonyl (C=O) groups is 2. The summed E-state index contributed by atoms with van der Waals surface area (Å²) in [5.74, 6) is 0.231. The van der Waals surface area contributed by atoms with Crippen LogP contribution in [-0.2, 0) is 14.3 Å². The van der Waals surface area contributed by atoms with E-state index in [1.807, 2.05) is 6.92 Å². The van der Waals surface area contributed by atoms with Crippen molar-refractivity contribution in [2.75, 3.05) is 6.61 Å². The predicted octanol–water partition coefficient (Wildman–Crippen LogP) is 1.57. The molecule has 0 rings (SSSR count). The third-order valence-corrected chi connectivity index (χ3v) is 0.969. The van der Waals surface area contributed by atoms with Gasteiger partial charge in [-0.15, -0.1) is 0 Å². The minimum Gasteiger partial charge on any atom is -0.450 e. The summed E-state index contributed by atoms with van der Waals surface area (Å²) >= 11 is 0. The lowest BCUT2D eigenvalue weighted by molar-refractivity contribution is -0.136. The van der Waals surface area contributed by atoms with E-state index in [0.29, 0.717) is 18.8 Å². The summed E-state index contributed by atoms with van der Waals surface area (Å²) in [6.45, 7) is 8.77. The Morgan fingerprint density at radius 3 is 1.93 bits per heavy atom. The van der Waals surface area contributed by atoms with E-state index in [1.165, 1.54) is 6.92 Å². The molecule has 0 fully saturated rings. The molecule has 0 aromatic carbocycles. The number of hydrogen-bond donors (Lipinski definition) is 1. The number of allylic oxidation sites excluding steroid dienone is 1. The van der Waals surface area contributed by atoms with Crippen molar-refractivity contribution in [3.63, 3.8) is 0 Å². The molecule has 0 aliphatic carbocycles. The lowest BCUT2D eigenvalue weighted by Gasteiger charge is -1.98. The van der Waals surface area contributed by atoms with Gasteiger partial charge in [-0.3, -0.25) is 4.79 Å². The summed E-state index contributed by atoms with van der Waals surface area (Å²) in [7, 11) is 0. The van der Waals surface area contributed by atoms with E-state index < -0.39 is 6.09 Å². The van der Waals surface area contributed by atoms with Crippen molar-refractivity contribution in [1.82, 2.24) is 0 Å². The van der Waals surface area contributed by atoms with Gasteiger partial charge in [0.2, 0.25) is 0 Å². The molecule has 0 bridgehead atoms. The molecular weight excluding hydrogens is 186 g/mol. The molecule has 0 saturated carbocycles. The topological polar surface area (TPSA) is 78.6 Å². The van der Waals surface area contributed by atoms with Crippen LogP contribution in [0.4, 0.5) is 4.79 Å². The fraction of sp³-hybridized carbons (Fsp3) is 0.556. The van der Waals surface area contributed by atoms with Crippen LogP contribution in [0.2, 0.25) is 0 Å². The fourth-order valence-corrected chi connectivity index (χ4v) is 0.418. The second-order valence-corrected chi connectivity index (χ2v) is 2.24. The molecule has 5 nitrogen and oxygen atoms in total. The molecule has 1 amide bonds. The third kappa shape index (κ3) is 16.8. The summed E-state index contributed by atoms with van der Waals surface area (Å²) < 4.78 is 8.75. The van der Waals surface area contributed by atoms with Crippen LogP contribution < -0.4 is 5.73 Å². The quantitative estimate of drug-likeness (QED) is 0.557. The van der Waals surface area contributed by atoms with Gasteiger partial charge >= 0.3 is 12.1 Å². The maximum Gasteiger partial charge on any atom is 0.404 e. The zero-order valence-corrected chi connectivity index (χ0v) is 8.83. The first-order valence-corrected chi connectivity index (χ1v) is 4.22. The zero-order chi connectivity index (χ0) is 11.6. The summed E-state index contributed by atoms with van der Waals surface area (Å²) in [6, 6.07) is 0. The third-order valence-electron chi connectivity index (χ3n) is 0.969. The van der Waals surface area contributed by atoms with Crippen LogP contribution in [0, 0.1) is 0 Å². The van der Waals surface area contributed by atoms with E-state index in [0.717, 1.165) is 0 Å². The van der Waals surface area contributed by atoms with Crippen LogP contribution in [0.15, 0.2) is 12.3 Å². The molecule has 0 saturated heterocycles. The standard InChI is InChI=1S/C6H10O2.C3H7NO2/c1-4-5(2)8-6(3)7;1-2-6-3(4)5/h2,4H2,1,3H3;2H2,1H3,(H2,4,5). The average Bonchev–Trinajstić information content (AvgIpc) is 2.03. The molecule has 0 unspecified atom stereocenters. The normalized spacial score (nSPS) is 7.93. The van der Waals surface area contributed by atoms with Gasteiger partial charge < -0.3 is 15.2 Å². The van der Waals surface area contributed by atoms with Crippen molar-refractivity contribution in [2.24, 2.45) is 5.73 Å². The molecule has 14 heavy (non-hydrogen) atoms. The molecule has 0 atom stereocenters. The highest BCUT2D eigenvalue weighted by molar-refractivity contribution is 5.67. The van der Waals surface area contributed by atoms with Gasteiger partial charge in [-0.2, -0.15) is 0 Å². The van der Waals surface area contributed by atoms with Crippen molar-refractivity contribution >= 4 is 12.1 Å². The number of rotatable bonds is 3. The molecule has 5 heteroatoms. The van der Waals surface area contributed by atoms with Crippen LogP contribution in [0.5, 0.6) is 0 Å². The Kier molecular flexibility index (Phi) is 10.2. The van der Waals surface area contributed by atoms with Crippen molar-refractivity contribution in [3.8, 4) is 0 Å². The Hall–Kier alpha value is -1.52. The molecule has 0 radical (unpaired) electrons. The van der Waals surface area contributed by atoms with Crippen LogP contribution in [-0.4, -0.2) is 18.7 Å². The Balaban J connectivity index is 0. The lowest BCUT2D eigenvalue weighted by Crippen LogP contribution is -2.11. The largest absolute Gasteiger partial charge is 0.450 e. The number of carbonyl (C=O) groups excluding carboxylic acids is 2. The van der Waals surface area contributed by atoms with E-state index in [4.69, 9.17) is 0 Å². The van der Waals surface area contributed by atoms with E-state index in [2.05, 4.69) is 21.8 Å². The Morgan fingerprint density at radius 2 is 1.86 bits per heavy atom. The van der Waals surface area contributed by atoms with E-state index in [-0.39, 0.29) is 5.97 Å². The van der Waals surface area contributed by atoms with Crippen LogP contribution in [0.25, 0.3) is 0 Å². The predicted molar refractivity (Wildman–Crippen MR) is 52.4 cm³/mol. The van der Waals surface area contributed by atoms with E-state index >= 15 is 0 Å². The SMILES string of the molecule is C=C(CC)OC(C)=O.CCOC(N)=O. The van der Waals surface area contributed by atoms with Gasteiger partial charge in [-0.1, -0.05) is 13.5 Å². The summed E-state index contributed by atoms with van der Waals surface area (Å²) in [4.78, 5) is 19.7. The molecule has 0 aromatic rings. The number of nitrogens with two attached hydrogens (primary N) is 1. The highest BCUT2D eigenvalue weighted by Gasteiger charge is 1.92. The van der Waals surface area contributed by atoms with E-state index in [9.17, 15) is 9.59 Å². The summed E-state index contributed by atoms with van der Waals surface area (Å²) in [5.41, 5.74) is 4.54. The number of ether oxygens (including phenoxy) is 2. The minimum absolute atomic E-state index is 0.295. The molecule has 0 aromatic heterocycles. The smallest absolute Gasteiger partial charge is 0.404 e. The Labute approximate surface area is 83.9 Å². The lowest BCUT2D eigenvalue weighted by atomic mass is 10.4. The Bertz CT molecular complexity index is 201. The van der Waals surface area contributed by atoms with Crippen molar-refractivity contribution < 1.29 is 19.1 Å². The second kappa shape index (κ2) is 9.57. The minimum atomic E-state index is -0.711. The first kappa shape index (κ1) is 15.0. The molecule has 0 spiro atoms. The highest BCUT2D eigenvalue weighted by atomic mass is 16.5. The van der Waals surface area contributed by atoms with Gasteiger partial charge in [0.15, 0.2) is 0 Å². The zero-order valence-electron chi connectivity index (χ0n) is 8.83. The molecule has 0 aliphatic heterocycles. The monoisotopic (exact) mass is 203 g/mol. The van der Waals surface area contributed by atoms with Gasteiger partial charge in [0.05, 0.1) is 6.61 Å². The number of esters is 1. The van der Waals surface area contributed by atoms with Gasteiger partial charge in [0.1, 0.15) is 5.76 Å². The Morgan fingerprint density at radius 1 is 1.36 bits per heavy atom. The van der Waals surface area contributed by atoms with E-state index in [1.54, 1.807) is 6.92 Å². The first-order valence-electron chi connectivity index (χ1n) is 4.22. The van der Waals surface area contributed by atoms with Gasteiger partial charge in [0.25, 0.3) is 0 Å². The van der Waals surface area contributed by atoms with Gasteiger partial charge in [-0.25, -0.2) is 4.79 Å². The first-order chi connectivity index (χ1) is 6.43. The second-order valence-electron chi connectivity index (χ2n) is 2.24. The molecular formula is C9H17NO4. The van der Waals surface area contributed by atoms with Gasteiger partial charge in [-0.05, 0) is 6.92 Å². The highest BCUT2D eigenvalue weighted by Crippen LogP contribution is 1.97. The number of primary amides is 1. The molecule has 0 aliphatic rings. The maximum atomic E-state index is 10.1. The molecule has 82 valence electrons. The number of amides is 1. The maximum absolute atomic E-state index is 10.1. The summed E-state index contributed by atoms with van der Waals surface area (Å²) in [5, 5.41) is 0. The van der Waals surface area contributed by atoms with Crippen LogP contribution >= 0.6 is 0 Å². The number of hydrogen-bond acceptors (Lipinski definition) is 4. The van der Waals surface area contributed by atoms with Crippen LogP contribution in [0.3, 0.4) is 0 Å². The molecule has 2 N–H and O–H groups in total. The van der Waals surface area contributed by atoms with Crippen molar-refractivity contribution in [3.05, 3.63) is 12.3 Å².